The Balaban J connectivity index is 0.000000318. The van der Waals surface area contributed by atoms with Crippen molar-refractivity contribution in [2.75, 3.05) is 6.61 Å². The zero-order valence-electron chi connectivity index (χ0n) is 18.2. The van der Waals surface area contributed by atoms with Gasteiger partial charge in [-0.2, -0.15) is 10.5 Å². The first-order valence-corrected chi connectivity index (χ1v) is 10.1. The van der Waals surface area contributed by atoms with E-state index in [1.54, 1.807) is 6.07 Å². The summed E-state index contributed by atoms with van der Waals surface area (Å²) in [6.07, 6.45) is 6.27. The van der Waals surface area contributed by atoms with E-state index < -0.39 is 11.4 Å². The Morgan fingerprint density at radius 1 is 1.03 bits per heavy atom. The van der Waals surface area contributed by atoms with Gasteiger partial charge >= 0.3 is 5.97 Å². The van der Waals surface area contributed by atoms with Crippen molar-refractivity contribution in [3.05, 3.63) is 77.4 Å². The van der Waals surface area contributed by atoms with Gasteiger partial charge in [0, 0.05) is 6.08 Å². The van der Waals surface area contributed by atoms with Crippen LogP contribution in [0.2, 0.25) is 0 Å². The molecule has 0 radical (unpaired) electrons. The second-order valence-corrected chi connectivity index (χ2v) is 6.93. The predicted octanol–water partition coefficient (Wildman–Crippen LogP) is 6.11. The van der Waals surface area contributed by atoms with Gasteiger partial charge in [0.25, 0.3) is 0 Å². The summed E-state index contributed by atoms with van der Waals surface area (Å²) in [5.41, 5.74) is 1.18. The number of carboxylic acid groups (broad SMARTS) is 1. The van der Waals surface area contributed by atoms with E-state index in [9.17, 15) is 4.79 Å². The Labute approximate surface area is 184 Å². The molecule has 5 nitrogen and oxygen atoms in total. The lowest BCUT2D eigenvalue weighted by Crippen LogP contribution is -2.22. The minimum atomic E-state index is -1.20. The van der Waals surface area contributed by atoms with Gasteiger partial charge in [0.15, 0.2) is 0 Å². The van der Waals surface area contributed by atoms with E-state index in [1.807, 2.05) is 50.2 Å². The van der Waals surface area contributed by atoms with Crippen molar-refractivity contribution >= 4 is 18.1 Å². The topological polar surface area (TPSA) is 94.1 Å². The Morgan fingerprint density at radius 2 is 1.61 bits per heavy atom. The number of hydrogen-bond donors (Lipinski definition) is 1. The number of nitrogens with zero attached hydrogens (tertiary/aromatic N) is 2. The second kappa shape index (κ2) is 13.4. The highest BCUT2D eigenvalue weighted by molar-refractivity contribution is 5.89. The van der Waals surface area contributed by atoms with Gasteiger partial charge in [0.05, 0.1) is 29.7 Å². The molecule has 0 saturated heterocycles. The first kappa shape index (κ1) is 25.2. The number of carbonyl (C=O) groups is 1. The van der Waals surface area contributed by atoms with Crippen molar-refractivity contribution in [1.29, 1.82) is 10.5 Å². The van der Waals surface area contributed by atoms with E-state index in [1.165, 1.54) is 18.1 Å². The molecular formula is C26H28N2O3. The van der Waals surface area contributed by atoms with Crippen molar-refractivity contribution in [2.24, 2.45) is 5.41 Å². The summed E-state index contributed by atoms with van der Waals surface area (Å²) in [5, 5.41) is 26.1. The molecule has 1 unspecified atom stereocenters. The van der Waals surface area contributed by atoms with E-state index >= 15 is 0 Å². The minimum Gasteiger partial charge on any atom is -0.494 e. The third kappa shape index (κ3) is 8.60. The molecule has 2 aromatic rings. The zero-order valence-corrected chi connectivity index (χ0v) is 18.2. The number of hydrogen-bond acceptors (Lipinski definition) is 4. The van der Waals surface area contributed by atoms with Crippen LogP contribution in [0.25, 0.3) is 12.2 Å². The van der Waals surface area contributed by atoms with E-state index in [-0.39, 0.29) is 5.57 Å². The fraction of sp³-hybridized carbons (Fsp3) is 0.269. The number of carboxylic acids is 1. The molecule has 2 aromatic carbocycles. The maximum Gasteiger partial charge on any atom is 0.333 e. The van der Waals surface area contributed by atoms with Gasteiger partial charge in [-0.3, -0.25) is 0 Å². The van der Waals surface area contributed by atoms with Gasteiger partial charge in [-0.1, -0.05) is 68.0 Å². The molecule has 0 amide bonds. The Bertz CT molecular complexity index is 964. The molecule has 0 aromatic heterocycles. The Morgan fingerprint density at radius 3 is 2.06 bits per heavy atom. The lowest BCUT2D eigenvalue weighted by molar-refractivity contribution is -0.133. The average Bonchev–Trinajstić information content (AvgIpc) is 2.78. The highest BCUT2D eigenvalue weighted by Crippen LogP contribution is 2.31. The van der Waals surface area contributed by atoms with Crippen molar-refractivity contribution < 1.29 is 14.6 Å². The van der Waals surface area contributed by atoms with Gasteiger partial charge < -0.3 is 9.84 Å². The maximum atomic E-state index is 10.8. The summed E-state index contributed by atoms with van der Waals surface area (Å²) in [6.45, 7) is 6.09. The molecule has 0 saturated carbocycles. The van der Waals surface area contributed by atoms with Crippen LogP contribution in [0.1, 0.15) is 44.7 Å². The molecule has 0 aliphatic heterocycles. The van der Waals surface area contributed by atoms with Crippen molar-refractivity contribution in [1.82, 2.24) is 0 Å². The van der Waals surface area contributed by atoms with Gasteiger partial charge in [-0.05, 0) is 43.5 Å². The third-order valence-electron chi connectivity index (χ3n) is 4.49. The summed E-state index contributed by atoms with van der Waals surface area (Å²) in [5.74, 6) is -0.284. The highest BCUT2D eigenvalue weighted by Gasteiger charge is 2.32. The first-order chi connectivity index (χ1) is 14.9. The SMILES string of the molecule is CCCC(C)(C#N)C(=CC#N)C(=O)O.CCOc1ccc(C=Cc2ccccc2)cc1. The molecule has 0 spiro atoms. The molecule has 160 valence electrons. The van der Waals surface area contributed by atoms with Crippen LogP contribution in [-0.4, -0.2) is 17.7 Å². The summed E-state index contributed by atoms with van der Waals surface area (Å²) in [6, 6.07) is 22.0. The number of allylic oxidation sites excluding steroid dienone is 1. The molecular weight excluding hydrogens is 388 g/mol. The van der Waals surface area contributed by atoms with E-state index in [0.717, 1.165) is 11.8 Å². The molecule has 0 aliphatic rings. The van der Waals surface area contributed by atoms with Crippen LogP contribution in [0.3, 0.4) is 0 Å². The third-order valence-corrected chi connectivity index (χ3v) is 4.49. The fourth-order valence-corrected chi connectivity index (χ4v) is 2.87. The van der Waals surface area contributed by atoms with Crippen LogP contribution in [0.5, 0.6) is 5.75 Å². The standard InChI is InChI=1S/C16H16O.C10H12N2O2/c1-2-17-16-12-10-15(11-13-16)9-8-14-6-4-3-5-7-14;1-3-5-10(2,7-12)8(4-6-11)9(13)14/h3-13H,2H2,1H3;4H,3,5H2,1-2H3,(H,13,14). The van der Waals surface area contributed by atoms with Crippen molar-refractivity contribution in [2.45, 2.75) is 33.6 Å². The van der Waals surface area contributed by atoms with Crippen LogP contribution in [0.15, 0.2) is 66.2 Å². The monoisotopic (exact) mass is 416 g/mol. The largest absolute Gasteiger partial charge is 0.494 e. The predicted molar refractivity (Wildman–Crippen MR) is 123 cm³/mol. The second-order valence-electron chi connectivity index (χ2n) is 6.93. The molecule has 0 aliphatic carbocycles. The number of rotatable bonds is 8. The van der Waals surface area contributed by atoms with E-state index in [0.29, 0.717) is 19.4 Å². The van der Waals surface area contributed by atoms with Gasteiger partial charge in [0.1, 0.15) is 5.75 Å². The molecule has 0 heterocycles. The van der Waals surface area contributed by atoms with Crippen molar-refractivity contribution in [3.8, 4) is 17.9 Å². The van der Waals surface area contributed by atoms with Gasteiger partial charge in [-0.15, -0.1) is 0 Å². The molecule has 5 heteroatoms. The van der Waals surface area contributed by atoms with Crippen LogP contribution >= 0.6 is 0 Å². The Hall–Kier alpha value is -3.83. The van der Waals surface area contributed by atoms with Crippen LogP contribution < -0.4 is 4.74 Å². The van der Waals surface area contributed by atoms with Gasteiger partial charge in [0.2, 0.25) is 0 Å². The number of ether oxygens (including phenoxy) is 1. The summed E-state index contributed by atoms with van der Waals surface area (Å²) >= 11 is 0. The fourth-order valence-electron chi connectivity index (χ4n) is 2.87. The number of benzene rings is 2. The molecule has 31 heavy (non-hydrogen) atoms. The summed E-state index contributed by atoms with van der Waals surface area (Å²) in [7, 11) is 0. The van der Waals surface area contributed by atoms with E-state index in [4.69, 9.17) is 20.4 Å². The number of aliphatic carboxylic acids is 1. The maximum absolute atomic E-state index is 10.8. The zero-order chi connectivity index (χ0) is 23.1. The van der Waals surface area contributed by atoms with Gasteiger partial charge in [-0.25, -0.2) is 4.79 Å². The normalized spacial score (nSPS) is 12.6. The molecule has 2 rings (SSSR count). The number of nitriles is 2. The smallest absolute Gasteiger partial charge is 0.333 e. The first-order valence-electron chi connectivity index (χ1n) is 10.1. The average molecular weight is 417 g/mol. The molecule has 0 fully saturated rings. The quantitative estimate of drug-likeness (QED) is 0.318. The van der Waals surface area contributed by atoms with Crippen molar-refractivity contribution in [3.63, 3.8) is 0 Å². The highest BCUT2D eigenvalue weighted by atomic mass is 16.5. The Kier molecular flexibility index (Phi) is 10.9. The molecule has 0 bridgehead atoms. The lowest BCUT2D eigenvalue weighted by atomic mass is 9.79. The summed E-state index contributed by atoms with van der Waals surface area (Å²) in [4.78, 5) is 10.8. The van der Waals surface area contributed by atoms with Crippen LogP contribution in [-0.2, 0) is 4.79 Å². The molecule has 1 N–H and O–H groups in total. The summed E-state index contributed by atoms with van der Waals surface area (Å²) < 4.78 is 5.40. The van der Waals surface area contributed by atoms with Crippen LogP contribution in [0, 0.1) is 28.1 Å². The van der Waals surface area contributed by atoms with E-state index in [2.05, 4.69) is 36.4 Å². The molecule has 1 atom stereocenters. The minimum absolute atomic E-state index is 0.135. The van der Waals surface area contributed by atoms with Crippen LogP contribution in [0.4, 0.5) is 0 Å². The lowest BCUT2D eigenvalue weighted by Gasteiger charge is -2.20.